The SMILES string of the molecule is CCn1nc(C(=O)Oc2ccc(-c3ccc(C#N)cc3)cc2)c2ccccc2c1=O. The molecule has 0 unspecified atom stereocenters. The van der Waals surface area contributed by atoms with Gasteiger partial charge in [0.15, 0.2) is 5.69 Å². The quantitative estimate of drug-likeness (QED) is 0.382. The molecule has 0 amide bonds. The Morgan fingerprint density at radius 1 is 0.967 bits per heavy atom. The lowest BCUT2D eigenvalue weighted by atomic mass is 10.0. The highest BCUT2D eigenvalue weighted by molar-refractivity contribution is 6.02. The Kier molecular flexibility index (Phi) is 5.10. The minimum absolute atomic E-state index is 0.100. The Morgan fingerprint density at radius 3 is 2.17 bits per heavy atom. The maximum atomic E-state index is 12.8. The third kappa shape index (κ3) is 3.56. The lowest BCUT2D eigenvalue weighted by Gasteiger charge is -2.10. The van der Waals surface area contributed by atoms with E-state index < -0.39 is 5.97 Å². The van der Waals surface area contributed by atoms with Crippen LogP contribution in [0.2, 0.25) is 0 Å². The van der Waals surface area contributed by atoms with E-state index in [1.165, 1.54) is 4.68 Å². The van der Waals surface area contributed by atoms with Gasteiger partial charge in [0.25, 0.3) is 5.56 Å². The molecule has 0 bridgehead atoms. The zero-order chi connectivity index (χ0) is 21.1. The highest BCUT2D eigenvalue weighted by Crippen LogP contribution is 2.24. The Labute approximate surface area is 172 Å². The van der Waals surface area contributed by atoms with Crippen LogP contribution in [-0.4, -0.2) is 15.7 Å². The maximum absolute atomic E-state index is 12.8. The lowest BCUT2D eigenvalue weighted by Crippen LogP contribution is -2.26. The number of ether oxygens (including phenoxy) is 1. The second-order valence-electron chi connectivity index (χ2n) is 6.62. The summed E-state index contributed by atoms with van der Waals surface area (Å²) in [5.41, 5.74) is 2.34. The largest absolute Gasteiger partial charge is 0.422 e. The van der Waals surface area contributed by atoms with Crippen molar-refractivity contribution in [3.05, 3.63) is 94.4 Å². The predicted molar refractivity (Wildman–Crippen MR) is 113 cm³/mol. The summed E-state index contributed by atoms with van der Waals surface area (Å²) in [7, 11) is 0. The number of fused-ring (bicyclic) bond motifs is 1. The molecular formula is C24H17N3O3. The van der Waals surface area contributed by atoms with Crippen LogP contribution in [0.1, 0.15) is 23.0 Å². The molecule has 6 nitrogen and oxygen atoms in total. The number of carbonyl (C=O) groups is 1. The average molecular weight is 395 g/mol. The molecule has 146 valence electrons. The fourth-order valence-corrected chi connectivity index (χ4v) is 3.21. The molecule has 0 saturated heterocycles. The van der Waals surface area contributed by atoms with Crippen molar-refractivity contribution in [1.29, 1.82) is 5.26 Å². The van der Waals surface area contributed by atoms with Crippen molar-refractivity contribution >= 4 is 16.7 Å². The van der Waals surface area contributed by atoms with Gasteiger partial charge in [-0.25, -0.2) is 9.48 Å². The van der Waals surface area contributed by atoms with Gasteiger partial charge in [-0.3, -0.25) is 4.79 Å². The number of aromatic nitrogens is 2. The van der Waals surface area contributed by atoms with Gasteiger partial charge in [0.1, 0.15) is 5.75 Å². The number of hydrogen-bond acceptors (Lipinski definition) is 5. The van der Waals surface area contributed by atoms with Gasteiger partial charge >= 0.3 is 5.97 Å². The molecule has 4 aromatic rings. The molecule has 6 heteroatoms. The first-order valence-electron chi connectivity index (χ1n) is 9.43. The summed E-state index contributed by atoms with van der Waals surface area (Å²) in [4.78, 5) is 25.2. The zero-order valence-electron chi connectivity index (χ0n) is 16.2. The molecule has 0 fully saturated rings. The van der Waals surface area contributed by atoms with Crippen LogP contribution in [-0.2, 0) is 6.54 Å². The predicted octanol–water partition coefficient (Wildman–Crippen LogP) is 4.17. The van der Waals surface area contributed by atoms with Crippen LogP contribution in [0.4, 0.5) is 0 Å². The van der Waals surface area contributed by atoms with Crippen LogP contribution in [0.15, 0.2) is 77.6 Å². The molecule has 4 rings (SSSR count). The molecule has 0 spiro atoms. The molecule has 0 N–H and O–H groups in total. The molecule has 0 aliphatic rings. The normalized spacial score (nSPS) is 10.5. The molecule has 0 aliphatic heterocycles. The summed E-state index contributed by atoms with van der Waals surface area (Å²) < 4.78 is 6.77. The van der Waals surface area contributed by atoms with Crippen molar-refractivity contribution in [1.82, 2.24) is 9.78 Å². The van der Waals surface area contributed by atoms with Gasteiger partial charge in [0, 0.05) is 11.9 Å². The Morgan fingerprint density at radius 2 is 1.57 bits per heavy atom. The van der Waals surface area contributed by atoms with E-state index >= 15 is 0 Å². The van der Waals surface area contributed by atoms with Crippen LogP contribution in [0.5, 0.6) is 5.75 Å². The van der Waals surface area contributed by atoms with E-state index in [0.29, 0.717) is 28.6 Å². The van der Waals surface area contributed by atoms with Crippen molar-refractivity contribution in [2.45, 2.75) is 13.5 Å². The van der Waals surface area contributed by atoms with E-state index in [9.17, 15) is 9.59 Å². The first-order valence-corrected chi connectivity index (χ1v) is 9.43. The number of hydrogen-bond donors (Lipinski definition) is 0. The number of carbonyl (C=O) groups excluding carboxylic acids is 1. The molecule has 3 aromatic carbocycles. The van der Waals surface area contributed by atoms with E-state index in [4.69, 9.17) is 10.00 Å². The highest BCUT2D eigenvalue weighted by atomic mass is 16.5. The van der Waals surface area contributed by atoms with Crippen LogP contribution >= 0.6 is 0 Å². The first kappa shape index (κ1) is 19.1. The van der Waals surface area contributed by atoms with Crippen molar-refractivity contribution < 1.29 is 9.53 Å². The third-order valence-electron chi connectivity index (χ3n) is 4.77. The molecule has 0 saturated carbocycles. The van der Waals surface area contributed by atoms with Crippen LogP contribution in [0, 0.1) is 11.3 Å². The second-order valence-corrected chi connectivity index (χ2v) is 6.62. The van der Waals surface area contributed by atoms with Crippen molar-refractivity contribution in [2.24, 2.45) is 0 Å². The molecule has 0 aliphatic carbocycles. The van der Waals surface area contributed by atoms with Gasteiger partial charge in [-0.05, 0) is 48.4 Å². The highest BCUT2D eigenvalue weighted by Gasteiger charge is 2.18. The summed E-state index contributed by atoms with van der Waals surface area (Å²) in [5.74, 6) is -0.253. The van der Waals surface area contributed by atoms with E-state index in [2.05, 4.69) is 11.2 Å². The summed E-state index contributed by atoms with van der Waals surface area (Å²) in [6.07, 6.45) is 0. The van der Waals surface area contributed by atoms with E-state index in [0.717, 1.165) is 11.1 Å². The van der Waals surface area contributed by atoms with Gasteiger partial charge in [-0.15, -0.1) is 0 Å². The van der Waals surface area contributed by atoms with Crippen LogP contribution < -0.4 is 10.3 Å². The van der Waals surface area contributed by atoms with Crippen LogP contribution in [0.25, 0.3) is 21.9 Å². The topological polar surface area (TPSA) is 85.0 Å². The standard InChI is InChI=1S/C24H17N3O3/c1-2-27-23(28)21-6-4-3-5-20(21)22(26-27)24(29)30-19-13-11-18(12-14-19)17-9-7-16(15-25)8-10-17/h3-14H,2H2,1H3. The Hall–Kier alpha value is -4.24. The molecule has 0 radical (unpaired) electrons. The van der Waals surface area contributed by atoms with Gasteiger partial charge in [0.2, 0.25) is 0 Å². The molecule has 1 aromatic heterocycles. The lowest BCUT2D eigenvalue weighted by molar-refractivity contribution is 0.0728. The van der Waals surface area contributed by atoms with E-state index in [1.807, 2.05) is 24.3 Å². The summed E-state index contributed by atoms with van der Waals surface area (Å²) in [6, 6.07) is 23.3. The second kappa shape index (κ2) is 8.02. The minimum Gasteiger partial charge on any atom is -0.422 e. The van der Waals surface area contributed by atoms with Gasteiger partial charge in [-0.1, -0.05) is 42.5 Å². The number of nitrogens with zero attached hydrogens (tertiary/aromatic N) is 3. The number of aryl methyl sites for hydroxylation is 1. The Bertz CT molecular complexity index is 1330. The number of nitriles is 1. The van der Waals surface area contributed by atoms with Gasteiger partial charge < -0.3 is 4.74 Å². The fourth-order valence-electron chi connectivity index (χ4n) is 3.21. The van der Waals surface area contributed by atoms with Crippen molar-refractivity contribution in [3.63, 3.8) is 0 Å². The minimum atomic E-state index is -0.625. The zero-order valence-corrected chi connectivity index (χ0v) is 16.2. The van der Waals surface area contributed by atoms with E-state index in [-0.39, 0.29) is 11.3 Å². The summed E-state index contributed by atoms with van der Waals surface area (Å²) in [5, 5.41) is 14.0. The monoisotopic (exact) mass is 395 g/mol. The van der Waals surface area contributed by atoms with Crippen molar-refractivity contribution in [3.8, 4) is 22.9 Å². The van der Waals surface area contributed by atoms with Gasteiger partial charge in [0.05, 0.1) is 17.0 Å². The van der Waals surface area contributed by atoms with E-state index in [1.54, 1.807) is 55.5 Å². The fraction of sp³-hybridized carbons (Fsp3) is 0.0833. The van der Waals surface area contributed by atoms with Gasteiger partial charge in [-0.2, -0.15) is 10.4 Å². The smallest absolute Gasteiger partial charge is 0.364 e. The Balaban J connectivity index is 1.62. The molecule has 1 heterocycles. The maximum Gasteiger partial charge on any atom is 0.364 e. The van der Waals surface area contributed by atoms with Crippen molar-refractivity contribution in [2.75, 3.05) is 0 Å². The number of esters is 1. The molecule has 30 heavy (non-hydrogen) atoms. The van der Waals surface area contributed by atoms with Crippen LogP contribution in [0.3, 0.4) is 0 Å². The summed E-state index contributed by atoms with van der Waals surface area (Å²) in [6.45, 7) is 2.14. The third-order valence-corrected chi connectivity index (χ3v) is 4.77. The molecule has 0 atom stereocenters. The summed E-state index contributed by atoms with van der Waals surface area (Å²) >= 11 is 0. The molecular weight excluding hydrogens is 378 g/mol. The number of rotatable bonds is 4. The average Bonchev–Trinajstić information content (AvgIpc) is 2.80. The first-order chi connectivity index (χ1) is 14.6. The number of benzene rings is 3.